The van der Waals surface area contributed by atoms with E-state index in [2.05, 4.69) is 10.6 Å². The zero-order valence-electron chi connectivity index (χ0n) is 12.1. The lowest BCUT2D eigenvalue weighted by atomic mass is 10.2. The molecule has 0 radical (unpaired) electrons. The van der Waals surface area contributed by atoms with Gasteiger partial charge in [-0.3, -0.25) is 4.79 Å². The number of carbonyl (C=O) groups is 2. The van der Waals surface area contributed by atoms with Crippen LogP contribution in [0.1, 0.15) is 10.4 Å². The van der Waals surface area contributed by atoms with E-state index < -0.39 is 11.5 Å². The summed E-state index contributed by atoms with van der Waals surface area (Å²) in [5, 5.41) is 6.34. The number of carbonyl (C=O) groups excluding carboxylic acids is 2. The average molecular weight is 336 g/mol. The third-order valence-corrected chi connectivity index (χ3v) is 3.79. The fourth-order valence-electron chi connectivity index (χ4n) is 2.38. The molecule has 1 aliphatic heterocycles. The summed E-state index contributed by atoms with van der Waals surface area (Å²) in [7, 11) is 0. The van der Waals surface area contributed by atoms with Crippen LogP contribution in [-0.2, 0) is 0 Å². The summed E-state index contributed by atoms with van der Waals surface area (Å²) >= 11 is 5.90. The largest absolute Gasteiger partial charge is 0.422 e. The van der Waals surface area contributed by atoms with Crippen LogP contribution in [0.4, 0.5) is 4.79 Å². The van der Waals surface area contributed by atoms with Crippen molar-refractivity contribution in [3.05, 3.63) is 45.3 Å². The first-order valence-electron chi connectivity index (χ1n) is 7.09. The highest BCUT2D eigenvalue weighted by atomic mass is 35.5. The predicted molar refractivity (Wildman–Crippen MR) is 84.8 cm³/mol. The van der Waals surface area contributed by atoms with Crippen LogP contribution in [0.25, 0.3) is 11.0 Å². The van der Waals surface area contributed by atoms with Crippen LogP contribution in [0.5, 0.6) is 0 Å². The number of nitrogens with one attached hydrogen (secondary N) is 2. The van der Waals surface area contributed by atoms with E-state index in [1.165, 1.54) is 6.07 Å². The first kappa shape index (κ1) is 15.4. The molecule has 2 heterocycles. The van der Waals surface area contributed by atoms with Crippen molar-refractivity contribution in [2.45, 2.75) is 0 Å². The third kappa shape index (κ3) is 3.29. The van der Waals surface area contributed by atoms with Crippen LogP contribution in [0.15, 0.2) is 33.5 Å². The molecule has 1 aromatic carbocycles. The Morgan fingerprint density at radius 1 is 1.35 bits per heavy atom. The van der Waals surface area contributed by atoms with Crippen molar-refractivity contribution in [3.63, 3.8) is 0 Å². The van der Waals surface area contributed by atoms with E-state index in [0.717, 1.165) is 0 Å². The van der Waals surface area contributed by atoms with E-state index in [9.17, 15) is 14.4 Å². The second-order valence-electron chi connectivity index (χ2n) is 5.10. The molecule has 2 N–H and O–H groups in total. The van der Waals surface area contributed by atoms with Crippen LogP contribution in [0.2, 0.25) is 5.02 Å². The molecule has 1 aliphatic rings. The zero-order valence-corrected chi connectivity index (χ0v) is 12.9. The van der Waals surface area contributed by atoms with Gasteiger partial charge in [-0.2, -0.15) is 0 Å². The lowest BCUT2D eigenvalue weighted by Crippen LogP contribution is -2.37. The van der Waals surface area contributed by atoms with Crippen molar-refractivity contribution in [1.82, 2.24) is 15.5 Å². The van der Waals surface area contributed by atoms with Gasteiger partial charge in [0, 0.05) is 36.6 Å². The monoisotopic (exact) mass is 335 g/mol. The Morgan fingerprint density at radius 3 is 2.91 bits per heavy atom. The summed E-state index contributed by atoms with van der Waals surface area (Å²) in [6, 6.07) is 6.09. The van der Waals surface area contributed by atoms with Crippen LogP contribution in [-0.4, -0.2) is 43.0 Å². The fourth-order valence-corrected chi connectivity index (χ4v) is 2.56. The van der Waals surface area contributed by atoms with Gasteiger partial charge >= 0.3 is 11.7 Å². The first-order valence-corrected chi connectivity index (χ1v) is 7.47. The number of rotatable bonds is 4. The Morgan fingerprint density at radius 2 is 2.17 bits per heavy atom. The minimum Gasteiger partial charge on any atom is -0.422 e. The Labute approximate surface area is 136 Å². The Balaban J connectivity index is 1.71. The number of amides is 3. The van der Waals surface area contributed by atoms with E-state index in [4.69, 9.17) is 16.0 Å². The van der Waals surface area contributed by atoms with Crippen molar-refractivity contribution < 1.29 is 14.0 Å². The predicted octanol–water partition coefficient (Wildman–Crippen LogP) is 1.20. The van der Waals surface area contributed by atoms with Gasteiger partial charge in [-0.15, -0.1) is 0 Å². The van der Waals surface area contributed by atoms with E-state index in [1.807, 2.05) is 0 Å². The molecule has 7 nitrogen and oxygen atoms in total. The summed E-state index contributed by atoms with van der Waals surface area (Å²) in [5.41, 5.74) is -0.438. The Kier molecular flexibility index (Phi) is 4.20. The average Bonchev–Trinajstić information content (AvgIpc) is 2.92. The summed E-state index contributed by atoms with van der Waals surface area (Å²) in [5.74, 6) is -0.541. The Hall–Kier alpha value is -2.54. The molecule has 23 heavy (non-hydrogen) atoms. The normalized spacial score (nSPS) is 14.1. The molecule has 0 aliphatic carbocycles. The SMILES string of the molecule is O=C(NCCN1CCNC1=O)c1cc2cc(Cl)ccc2oc1=O. The van der Waals surface area contributed by atoms with Crippen LogP contribution in [0.3, 0.4) is 0 Å². The highest BCUT2D eigenvalue weighted by Crippen LogP contribution is 2.18. The fraction of sp³-hybridized carbons (Fsp3) is 0.267. The van der Waals surface area contributed by atoms with Gasteiger partial charge in [0.1, 0.15) is 11.1 Å². The third-order valence-electron chi connectivity index (χ3n) is 3.55. The molecule has 0 bridgehead atoms. The second-order valence-corrected chi connectivity index (χ2v) is 5.54. The van der Waals surface area contributed by atoms with Gasteiger partial charge in [0.05, 0.1) is 0 Å². The lowest BCUT2D eigenvalue weighted by Gasteiger charge is -2.14. The maximum absolute atomic E-state index is 12.1. The van der Waals surface area contributed by atoms with Crippen molar-refractivity contribution in [3.8, 4) is 0 Å². The highest BCUT2D eigenvalue weighted by Gasteiger charge is 2.19. The van der Waals surface area contributed by atoms with Crippen LogP contribution >= 0.6 is 11.6 Å². The van der Waals surface area contributed by atoms with Gasteiger partial charge in [0.2, 0.25) is 0 Å². The number of nitrogens with zero attached hydrogens (tertiary/aromatic N) is 1. The number of hydrogen-bond donors (Lipinski definition) is 2. The molecular weight excluding hydrogens is 322 g/mol. The molecule has 8 heteroatoms. The highest BCUT2D eigenvalue weighted by molar-refractivity contribution is 6.31. The summed E-state index contributed by atoms with van der Waals surface area (Å²) < 4.78 is 5.12. The second kappa shape index (κ2) is 6.29. The van der Waals surface area contributed by atoms with Gasteiger partial charge in [-0.05, 0) is 24.3 Å². The maximum Gasteiger partial charge on any atom is 0.349 e. The number of halogens is 1. The van der Waals surface area contributed by atoms with E-state index in [-0.39, 0.29) is 18.1 Å². The van der Waals surface area contributed by atoms with Crippen molar-refractivity contribution in [1.29, 1.82) is 0 Å². The summed E-state index contributed by atoms with van der Waals surface area (Å²) in [6.07, 6.45) is 0. The molecule has 0 saturated carbocycles. The number of benzene rings is 1. The lowest BCUT2D eigenvalue weighted by molar-refractivity contribution is 0.0946. The molecule has 1 fully saturated rings. The molecule has 0 unspecified atom stereocenters. The molecule has 1 aromatic heterocycles. The number of urea groups is 1. The minimum atomic E-state index is -0.712. The molecule has 120 valence electrons. The quantitative estimate of drug-likeness (QED) is 0.821. The van der Waals surface area contributed by atoms with Crippen LogP contribution < -0.4 is 16.3 Å². The van der Waals surface area contributed by atoms with Gasteiger partial charge in [0.25, 0.3) is 5.91 Å². The molecule has 0 spiro atoms. The molecule has 1 saturated heterocycles. The van der Waals surface area contributed by atoms with Gasteiger partial charge < -0.3 is 20.0 Å². The van der Waals surface area contributed by atoms with Gasteiger partial charge in [-0.25, -0.2) is 9.59 Å². The Bertz CT molecular complexity index is 833. The van der Waals surface area contributed by atoms with Crippen molar-refractivity contribution >= 4 is 34.5 Å². The van der Waals surface area contributed by atoms with Crippen LogP contribution in [0, 0.1) is 0 Å². The minimum absolute atomic E-state index is 0.0920. The molecule has 0 atom stereocenters. The molecular formula is C15H14ClN3O4. The zero-order chi connectivity index (χ0) is 16.4. The molecule has 3 rings (SSSR count). The van der Waals surface area contributed by atoms with Gasteiger partial charge in [-0.1, -0.05) is 11.6 Å². The smallest absolute Gasteiger partial charge is 0.349 e. The van der Waals surface area contributed by atoms with Crippen molar-refractivity contribution in [2.75, 3.05) is 26.2 Å². The molecule has 3 amide bonds. The first-order chi connectivity index (χ1) is 11.0. The van der Waals surface area contributed by atoms with E-state index in [1.54, 1.807) is 23.1 Å². The molecule has 2 aromatic rings. The number of hydrogen-bond acceptors (Lipinski definition) is 4. The topological polar surface area (TPSA) is 91.7 Å². The summed E-state index contributed by atoms with van der Waals surface area (Å²) in [6.45, 7) is 1.83. The van der Waals surface area contributed by atoms with E-state index >= 15 is 0 Å². The summed E-state index contributed by atoms with van der Waals surface area (Å²) in [4.78, 5) is 37.0. The van der Waals surface area contributed by atoms with Crippen molar-refractivity contribution in [2.24, 2.45) is 0 Å². The van der Waals surface area contributed by atoms with E-state index in [0.29, 0.717) is 35.6 Å². The maximum atomic E-state index is 12.1. The number of fused-ring (bicyclic) bond motifs is 1. The van der Waals surface area contributed by atoms with Gasteiger partial charge in [0.15, 0.2) is 0 Å². The standard InChI is InChI=1S/C15H14ClN3O4/c16-10-1-2-12-9(7-10)8-11(14(21)23-12)13(20)17-3-5-19-6-4-18-15(19)22/h1-2,7-8H,3-6H2,(H,17,20)(H,18,22).